The summed E-state index contributed by atoms with van der Waals surface area (Å²) in [6, 6.07) is 3.53. The average molecular weight is 362 g/mol. The van der Waals surface area contributed by atoms with Crippen LogP contribution in [-0.4, -0.2) is 46.2 Å². The molecule has 2 aliphatic rings. The van der Waals surface area contributed by atoms with Crippen molar-refractivity contribution in [3.63, 3.8) is 0 Å². The number of methoxy groups -OCH3 is 1. The Kier molecular flexibility index (Phi) is 4.62. The SMILES string of the molecule is CCC1(CC)Oc2ccc([N+](=O)[O-])cc2C(N2CC(OC)=CC2=O)C1O. The number of carbonyl (C=O) groups excluding carboxylic acids is 1. The number of carbonyl (C=O) groups is 1. The fraction of sp³-hybridized carbons (Fsp3) is 0.500. The Morgan fingerprint density at radius 3 is 2.65 bits per heavy atom. The van der Waals surface area contributed by atoms with Crippen LogP contribution in [0.3, 0.4) is 0 Å². The van der Waals surface area contributed by atoms with Gasteiger partial charge in [-0.2, -0.15) is 0 Å². The third-order valence-corrected chi connectivity index (χ3v) is 5.36. The van der Waals surface area contributed by atoms with Crippen LogP contribution in [0.4, 0.5) is 5.69 Å². The molecular weight excluding hydrogens is 340 g/mol. The van der Waals surface area contributed by atoms with Crippen molar-refractivity contribution in [2.75, 3.05) is 13.7 Å². The van der Waals surface area contributed by atoms with Crippen LogP contribution in [0.25, 0.3) is 0 Å². The van der Waals surface area contributed by atoms with Gasteiger partial charge in [0.2, 0.25) is 0 Å². The van der Waals surface area contributed by atoms with E-state index in [-0.39, 0.29) is 18.1 Å². The molecule has 2 atom stereocenters. The standard InChI is InChI=1S/C18H22N2O6/c1-4-18(5-2)17(22)16(19-10-12(25-3)9-15(19)21)13-8-11(20(23)24)6-7-14(13)26-18/h6-9,16-17,22H,4-5,10H2,1-3H3. The zero-order chi connectivity index (χ0) is 19.1. The second kappa shape index (κ2) is 6.60. The summed E-state index contributed by atoms with van der Waals surface area (Å²) >= 11 is 0. The molecule has 0 saturated heterocycles. The molecule has 0 radical (unpaired) electrons. The molecule has 0 saturated carbocycles. The maximum atomic E-state index is 12.5. The highest BCUT2D eigenvalue weighted by Crippen LogP contribution is 2.47. The van der Waals surface area contributed by atoms with Gasteiger partial charge in [0.15, 0.2) is 0 Å². The Hall–Kier alpha value is -2.61. The summed E-state index contributed by atoms with van der Waals surface area (Å²) in [5, 5.41) is 22.3. The molecule has 0 aliphatic carbocycles. The number of amides is 1. The van der Waals surface area contributed by atoms with Crippen molar-refractivity contribution < 1.29 is 24.3 Å². The summed E-state index contributed by atoms with van der Waals surface area (Å²) in [5.41, 5.74) is -0.552. The monoisotopic (exact) mass is 362 g/mol. The van der Waals surface area contributed by atoms with Crippen molar-refractivity contribution in [1.29, 1.82) is 0 Å². The second-order valence-electron chi connectivity index (χ2n) is 6.52. The molecule has 8 heteroatoms. The van der Waals surface area contributed by atoms with Gasteiger partial charge in [0.25, 0.3) is 11.6 Å². The zero-order valence-electron chi connectivity index (χ0n) is 15.0. The van der Waals surface area contributed by atoms with Crippen molar-refractivity contribution in [1.82, 2.24) is 4.90 Å². The van der Waals surface area contributed by atoms with Crippen LogP contribution >= 0.6 is 0 Å². The number of rotatable bonds is 5. The molecule has 3 rings (SSSR count). The molecule has 1 N–H and O–H groups in total. The maximum Gasteiger partial charge on any atom is 0.270 e. The lowest BCUT2D eigenvalue weighted by atomic mass is 9.80. The van der Waals surface area contributed by atoms with Crippen molar-refractivity contribution in [3.05, 3.63) is 45.7 Å². The summed E-state index contributed by atoms with van der Waals surface area (Å²) in [6.07, 6.45) is 1.41. The van der Waals surface area contributed by atoms with Gasteiger partial charge in [-0.05, 0) is 18.9 Å². The quantitative estimate of drug-likeness (QED) is 0.637. The summed E-state index contributed by atoms with van der Waals surface area (Å²) in [7, 11) is 1.48. The minimum Gasteiger partial charge on any atom is -0.499 e. The molecule has 1 aromatic carbocycles. The van der Waals surface area contributed by atoms with Crippen molar-refractivity contribution in [2.45, 2.75) is 44.4 Å². The molecule has 0 spiro atoms. The lowest BCUT2D eigenvalue weighted by molar-refractivity contribution is -0.385. The highest BCUT2D eigenvalue weighted by atomic mass is 16.6. The van der Waals surface area contributed by atoms with Gasteiger partial charge < -0.3 is 19.5 Å². The first-order valence-corrected chi connectivity index (χ1v) is 8.57. The smallest absolute Gasteiger partial charge is 0.270 e. The molecule has 1 aromatic rings. The van der Waals surface area contributed by atoms with Crippen molar-refractivity contribution in [2.24, 2.45) is 0 Å². The van der Waals surface area contributed by atoms with Gasteiger partial charge >= 0.3 is 0 Å². The Morgan fingerprint density at radius 1 is 1.42 bits per heavy atom. The highest BCUT2D eigenvalue weighted by molar-refractivity contribution is 5.91. The number of nitro benzene ring substituents is 1. The topological polar surface area (TPSA) is 102 Å². The maximum absolute atomic E-state index is 12.5. The van der Waals surface area contributed by atoms with Gasteiger partial charge in [-0.3, -0.25) is 14.9 Å². The van der Waals surface area contributed by atoms with Gasteiger partial charge in [0.05, 0.1) is 24.6 Å². The molecule has 0 aromatic heterocycles. The minimum atomic E-state index is -1.03. The third-order valence-electron chi connectivity index (χ3n) is 5.36. The fourth-order valence-electron chi connectivity index (χ4n) is 3.73. The molecule has 2 heterocycles. The van der Waals surface area contributed by atoms with Crippen molar-refractivity contribution >= 4 is 11.6 Å². The van der Waals surface area contributed by atoms with Crippen LogP contribution in [0.15, 0.2) is 30.0 Å². The van der Waals surface area contributed by atoms with E-state index >= 15 is 0 Å². The van der Waals surface area contributed by atoms with E-state index in [0.29, 0.717) is 29.9 Å². The van der Waals surface area contributed by atoms with Gasteiger partial charge in [0.1, 0.15) is 23.2 Å². The van der Waals surface area contributed by atoms with E-state index in [1.54, 1.807) is 0 Å². The average Bonchev–Trinajstić information content (AvgIpc) is 3.01. The van der Waals surface area contributed by atoms with E-state index in [2.05, 4.69) is 0 Å². The number of fused-ring (bicyclic) bond motifs is 1. The lowest BCUT2D eigenvalue weighted by Gasteiger charge is -2.48. The second-order valence-corrected chi connectivity index (χ2v) is 6.52. The molecule has 0 fully saturated rings. The first-order valence-electron chi connectivity index (χ1n) is 8.57. The van der Waals surface area contributed by atoms with E-state index in [9.17, 15) is 20.0 Å². The number of non-ortho nitro benzene ring substituents is 1. The molecule has 2 aliphatic heterocycles. The molecule has 2 unspecified atom stereocenters. The number of hydrogen-bond acceptors (Lipinski definition) is 6. The van der Waals surface area contributed by atoms with Crippen LogP contribution < -0.4 is 4.74 Å². The predicted octanol–water partition coefficient (Wildman–Crippen LogP) is 2.32. The number of nitro groups is 1. The summed E-state index contributed by atoms with van der Waals surface area (Å²) in [5.74, 6) is 0.638. The first kappa shape index (κ1) is 18.2. The van der Waals surface area contributed by atoms with E-state index in [1.807, 2.05) is 13.8 Å². The van der Waals surface area contributed by atoms with Gasteiger partial charge in [-0.1, -0.05) is 13.8 Å². The summed E-state index contributed by atoms with van der Waals surface area (Å²) < 4.78 is 11.3. The first-order chi connectivity index (χ1) is 12.4. The van der Waals surface area contributed by atoms with Gasteiger partial charge in [0, 0.05) is 23.8 Å². The van der Waals surface area contributed by atoms with E-state index in [4.69, 9.17) is 9.47 Å². The van der Waals surface area contributed by atoms with Crippen LogP contribution in [0.5, 0.6) is 5.75 Å². The Bertz CT molecular complexity index is 771. The number of benzene rings is 1. The predicted molar refractivity (Wildman–Crippen MR) is 92.6 cm³/mol. The van der Waals surface area contributed by atoms with Crippen LogP contribution in [0.1, 0.15) is 38.3 Å². The highest BCUT2D eigenvalue weighted by Gasteiger charge is 2.51. The lowest BCUT2D eigenvalue weighted by Crippen LogP contribution is -2.56. The molecule has 140 valence electrons. The Morgan fingerprint density at radius 2 is 2.12 bits per heavy atom. The molecule has 26 heavy (non-hydrogen) atoms. The van der Waals surface area contributed by atoms with E-state index in [0.717, 1.165) is 0 Å². The van der Waals surface area contributed by atoms with Crippen molar-refractivity contribution in [3.8, 4) is 5.75 Å². The van der Waals surface area contributed by atoms with Gasteiger partial charge in [-0.25, -0.2) is 0 Å². The number of hydrogen-bond donors (Lipinski definition) is 1. The van der Waals surface area contributed by atoms with Crippen LogP contribution in [0.2, 0.25) is 0 Å². The van der Waals surface area contributed by atoms with Gasteiger partial charge in [-0.15, -0.1) is 0 Å². The zero-order valence-corrected chi connectivity index (χ0v) is 15.0. The fourth-order valence-corrected chi connectivity index (χ4v) is 3.73. The van der Waals surface area contributed by atoms with E-state index in [1.165, 1.54) is 36.3 Å². The number of aliphatic hydroxyl groups excluding tert-OH is 1. The minimum absolute atomic E-state index is 0.114. The van der Waals surface area contributed by atoms with Crippen LogP contribution in [0, 0.1) is 10.1 Å². The normalized spacial score (nSPS) is 23.9. The molecule has 1 amide bonds. The third kappa shape index (κ3) is 2.70. The Labute approximate surface area is 151 Å². The number of nitrogens with zero attached hydrogens (tertiary/aromatic N) is 2. The Balaban J connectivity index is 2.12. The van der Waals surface area contributed by atoms with E-state index < -0.39 is 22.7 Å². The molecular formula is C18H22N2O6. The largest absolute Gasteiger partial charge is 0.499 e. The number of ether oxygens (including phenoxy) is 2. The summed E-state index contributed by atoms with van der Waals surface area (Å²) in [4.78, 5) is 24.7. The number of aliphatic hydroxyl groups is 1. The molecule has 0 bridgehead atoms. The summed E-state index contributed by atoms with van der Waals surface area (Å²) in [6.45, 7) is 4.01. The van der Waals surface area contributed by atoms with Crippen LogP contribution in [-0.2, 0) is 9.53 Å². The molecule has 8 nitrogen and oxygen atoms in total.